The fraction of sp³-hybridized carbons (Fsp3) is 0.500. The topological polar surface area (TPSA) is 739 Å². The van der Waals surface area contributed by atoms with E-state index in [0.717, 1.165) is 66.8 Å². The Labute approximate surface area is 952 Å². The number of nitrogens with zero attached hydrogens (tertiary/aromatic N) is 6. The summed E-state index contributed by atoms with van der Waals surface area (Å²) in [4.78, 5) is 133. The van der Waals surface area contributed by atoms with Crippen molar-refractivity contribution in [3.63, 3.8) is 0 Å². The SMILES string of the molecule is CC#N.CC#N.CC#N.CC#N.CC#N.CC#N.CC(C)(Cc1cccc(CC(C)(C)C(=O)O)c1)C(=O)[O-].CC(C)(Cc1cccc(CC(C)(C)C(=O)O)c1)C(=O)[O-].CC(C)(Cc1cccc(CC(C)(C)C(=O)[O-])c1)C(=O)[O-].CC(C)(Cc1cccc(CC(C)(C)C(=O)[O-])c1)C(=O)[O-].CC(C)(Cc1cccc(CC(C)(C)C(=O)[O-])c1)C(=O)[O-].CC(C)(Cc1cccc(CC(C)(C)C(=O)[O-])c1)C(=O)[O-].[Co+2].[Co+2].[Co+2].[Co+2].[Co+2].[Co+2].[Co+2].[OH-].[OH-].[OH-].[OH-]. The van der Waals surface area contributed by atoms with Gasteiger partial charge < -0.3 is 131 Å². The normalized spacial score (nSPS) is 10.1. The molecular weight excluding hydrogens is 2240 g/mol. The fourth-order valence-electron chi connectivity index (χ4n) is 12.1. The van der Waals surface area contributed by atoms with Gasteiger partial charge in [0.1, 0.15) is 0 Å². The standard InChI is InChI=1S/6C16H22O4.6C2H3N.7Co.4H2O/c6*1-15(2,13(17)18)9-11-6-5-7-12(8-11)10-16(3,4)14(19)20;6*1-2-3;;;;;;;;;;;/h6*5-8H,9-10H2,1-4H3,(H,17,18)(H,19,20);6*1H3;;;;;;;;4*1H2/q;;;;;;;;;;;;7*+2;;;;/p-14. The maximum atomic E-state index is 11.1. The molecule has 0 bridgehead atoms. The third kappa shape index (κ3) is 76.5. The minimum Gasteiger partial charge on any atom is -0.870 e. The van der Waals surface area contributed by atoms with Crippen LogP contribution in [0.5, 0.6) is 0 Å². The summed E-state index contributed by atoms with van der Waals surface area (Å²) in [5.41, 5.74) is -0.871. The molecule has 0 fully saturated rings. The molecule has 6 N–H and O–H groups in total. The number of carboxylic acid groups (broad SMARTS) is 12. The summed E-state index contributed by atoms with van der Waals surface area (Å²) in [6.07, 6.45) is 4.26. The summed E-state index contributed by atoms with van der Waals surface area (Å²) >= 11 is 0. The van der Waals surface area contributed by atoms with E-state index < -0.39 is 137 Å². The average Bonchev–Trinajstić information content (AvgIpc) is 0.853. The molecule has 0 saturated carbocycles. The molecule has 0 aliphatic rings. The quantitative estimate of drug-likeness (QED) is 0.0397. The molecule has 6 aromatic rings. The number of hydrogen-bond acceptors (Lipinski definition) is 32. The number of carbonyl (C=O) groups is 12. The van der Waals surface area contributed by atoms with E-state index in [1.807, 2.05) is 121 Å². The summed E-state index contributed by atoms with van der Waals surface area (Å²) in [6, 6.07) is 54.6. The van der Waals surface area contributed by atoms with Crippen molar-refractivity contribution in [1.29, 1.82) is 31.6 Å². The van der Waals surface area contributed by atoms with E-state index in [9.17, 15) is 109 Å². The number of carboxylic acids is 12. The summed E-state index contributed by atoms with van der Waals surface area (Å²) in [7, 11) is 0. The molecule has 6 aromatic carbocycles. The van der Waals surface area contributed by atoms with Gasteiger partial charge in [-0.15, -0.1) is 0 Å². The van der Waals surface area contributed by atoms with Gasteiger partial charge in [0.15, 0.2) is 0 Å². The molecule has 0 aromatic heterocycles. The third-order valence-electron chi connectivity index (χ3n) is 20.4. The first-order chi connectivity index (χ1) is 62.7. The van der Waals surface area contributed by atoms with Gasteiger partial charge in [0.2, 0.25) is 0 Å². The van der Waals surface area contributed by atoms with Gasteiger partial charge in [0.25, 0.3) is 0 Å². The molecule has 0 aliphatic carbocycles. The number of carbonyl (C=O) groups excluding carboxylic acids is 10. The Morgan fingerprint density at radius 2 is 0.248 bits per heavy atom. The summed E-state index contributed by atoms with van der Waals surface area (Å²) in [5.74, 6) is -12.7. The van der Waals surface area contributed by atoms with Gasteiger partial charge in [-0.1, -0.05) is 284 Å². The molecule has 149 heavy (non-hydrogen) atoms. The van der Waals surface area contributed by atoms with Crippen molar-refractivity contribution in [2.45, 2.75) is 285 Å². The van der Waals surface area contributed by atoms with Crippen molar-refractivity contribution in [2.75, 3.05) is 0 Å². The predicted molar refractivity (Wildman–Crippen MR) is 509 cm³/mol. The summed E-state index contributed by atoms with van der Waals surface area (Å²) in [5, 5.41) is 173. The van der Waals surface area contributed by atoms with E-state index in [0.29, 0.717) is 77.0 Å². The fourth-order valence-corrected chi connectivity index (χ4v) is 12.1. The molecule has 837 valence electrons. The van der Waals surface area contributed by atoms with Crippen LogP contribution in [-0.2, 0) is 252 Å². The van der Waals surface area contributed by atoms with Crippen molar-refractivity contribution in [2.24, 2.45) is 65.0 Å². The Hall–Kier alpha value is -10.7. The summed E-state index contributed by atoms with van der Waals surface area (Å²) in [6.45, 7) is 47.5. The van der Waals surface area contributed by atoms with Crippen LogP contribution in [0, 0.1) is 133 Å². The van der Waals surface area contributed by atoms with Crippen LogP contribution in [0.15, 0.2) is 146 Å². The van der Waals surface area contributed by atoms with Crippen LogP contribution in [0.4, 0.5) is 0 Å². The predicted octanol–water partition coefficient (Wildman–Crippen LogP) is 7.07. The minimum atomic E-state index is -1.10. The number of hydrogen-bond donors (Lipinski definition) is 2. The molecule has 41 heteroatoms. The van der Waals surface area contributed by atoms with Gasteiger partial charge in [0, 0.05) is 155 Å². The molecular formula is C108H144Co7N6O28. The van der Waals surface area contributed by atoms with Crippen molar-refractivity contribution in [3.8, 4) is 36.4 Å². The zero-order valence-corrected chi connectivity index (χ0v) is 97.3. The first-order valence-electron chi connectivity index (χ1n) is 43.7. The van der Waals surface area contributed by atoms with Crippen molar-refractivity contribution < 1.29 is 258 Å². The maximum Gasteiger partial charge on any atom is 2.00 e. The van der Waals surface area contributed by atoms with E-state index in [4.69, 9.17) is 41.8 Å². The molecule has 0 aliphatic heterocycles. The van der Waals surface area contributed by atoms with Crippen LogP contribution in [0.2, 0.25) is 0 Å². The van der Waals surface area contributed by atoms with E-state index >= 15 is 0 Å². The van der Waals surface area contributed by atoms with Gasteiger partial charge in [-0.3, -0.25) is 9.59 Å². The smallest absolute Gasteiger partial charge is 0.870 e. The van der Waals surface area contributed by atoms with Crippen molar-refractivity contribution in [3.05, 3.63) is 212 Å². The van der Waals surface area contributed by atoms with E-state index in [2.05, 4.69) is 0 Å². The zero-order valence-electron chi connectivity index (χ0n) is 90.0. The van der Waals surface area contributed by atoms with Gasteiger partial charge in [0.05, 0.1) is 47.2 Å². The Morgan fingerprint density at radius 3 is 0.302 bits per heavy atom. The molecule has 0 spiro atoms. The van der Waals surface area contributed by atoms with Crippen LogP contribution in [0.3, 0.4) is 0 Å². The Balaban J connectivity index is -0.0000000891. The van der Waals surface area contributed by atoms with Crippen LogP contribution in [-0.4, -0.2) is 104 Å². The van der Waals surface area contributed by atoms with Crippen LogP contribution >= 0.6 is 0 Å². The van der Waals surface area contributed by atoms with E-state index in [-0.39, 0.29) is 139 Å². The third-order valence-corrected chi connectivity index (χ3v) is 20.4. The molecule has 0 heterocycles. The molecule has 6 rings (SSSR count). The molecule has 0 unspecified atom stereocenters. The van der Waals surface area contributed by atoms with Gasteiger partial charge in [-0.25, -0.2) is 0 Å². The zero-order chi connectivity index (χ0) is 110. The maximum absolute atomic E-state index is 11.1. The first kappa shape index (κ1) is 177. The molecule has 34 nitrogen and oxygen atoms in total. The van der Waals surface area contributed by atoms with Crippen LogP contribution < -0.4 is 51.1 Å². The van der Waals surface area contributed by atoms with Gasteiger partial charge >= 0.3 is 129 Å². The minimum absolute atomic E-state index is 0. The van der Waals surface area contributed by atoms with Crippen LogP contribution in [0.1, 0.15) is 274 Å². The Kier molecular flexibility index (Phi) is 98.7. The van der Waals surface area contributed by atoms with E-state index in [1.165, 1.54) is 41.5 Å². The second kappa shape index (κ2) is 83.0. The largest absolute Gasteiger partial charge is 2.00 e. The summed E-state index contributed by atoms with van der Waals surface area (Å²) < 4.78 is 0. The number of aliphatic carboxylic acids is 12. The number of nitriles is 6. The second-order valence-corrected chi connectivity index (χ2v) is 40.5. The van der Waals surface area contributed by atoms with Crippen LogP contribution in [0.25, 0.3) is 0 Å². The number of rotatable bonds is 36. The molecule has 0 atom stereocenters. The molecule has 0 saturated heterocycles. The van der Waals surface area contributed by atoms with Crippen molar-refractivity contribution in [1.82, 2.24) is 0 Å². The Morgan fingerprint density at radius 1 is 0.188 bits per heavy atom. The Bertz CT molecular complexity index is 4210. The van der Waals surface area contributed by atoms with Crippen molar-refractivity contribution >= 4 is 71.6 Å². The monoisotopic (exact) mass is 2390 g/mol. The van der Waals surface area contributed by atoms with Gasteiger partial charge in [-0.05, 0) is 172 Å². The van der Waals surface area contributed by atoms with E-state index in [1.54, 1.807) is 227 Å². The second-order valence-electron chi connectivity index (χ2n) is 40.5. The van der Waals surface area contributed by atoms with Gasteiger partial charge in [-0.2, -0.15) is 31.6 Å². The average molecular weight is 2390 g/mol. The molecule has 7 radical (unpaired) electrons. The molecule has 0 amide bonds. The first-order valence-corrected chi connectivity index (χ1v) is 43.7. The number of benzene rings is 6.